The number of benzene rings is 7. The van der Waals surface area contributed by atoms with Crippen molar-refractivity contribution in [2.75, 3.05) is 0 Å². The lowest BCUT2D eigenvalue weighted by atomic mass is 9.82. The Morgan fingerprint density at radius 1 is 0.500 bits per heavy atom. The summed E-state index contributed by atoms with van der Waals surface area (Å²) in [5.41, 5.74) is 16.5. The summed E-state index contributed by atoms with van der Waals surface area (Å²) in [5, 5.41) is 13.4. The molecular weight excluding hydrogens is 631 g/mol. The predicted octanol–water partition coefficient (Wildman–Crippen LogP) is 12.5. The fourth-order valence-corrected chi connectivity index (χ4v) is 8.44. The monoisotopic (exact) mass is 663 g/mol. The van der Waals surface area contributed by atoms with Crippen LogP contribution in [0.25, 0.3) is 83.0 Å². The highest BCUT2D eigenvalue weighted by Crippen LogP contribution is 2.51. The molecule has 2 heterocycles. The molecule has 0 N–H and O–H groups in total. The van der Waals surface area contributed by atoms with Crippen LogP contribution in [0, 0.1) is 11.3 Å². The van der Waals surface area contributed by atoms with Gasteiger partial charge in [-0.25, -0.2) is 4.98 Å². The van der Waals surface area contributed by atoms with Crippen LogP contribution in [-0.2, 0) is 5.41 Å². The second kappa shape index (κ2) is 11.4. The minimum absolute atomic E-state index is 0.0962. The minimum Gasteiger partial charge on any atom is -0.309 e. The molecule has 0 saturated heterocycles. The number of rotatable bonds is 4. The van der Waals surface area contributed by atoms with Crippen LogP contribution in [0.1, 0.15) is 30.5 Å². The summed E-state index contributed by atoms with van der Waals surface area (Å²) < 4.78 is 2.43. The first-order valence-electron chi connectivity index (χ1n) is 17.8. The Balaban J connectivity index is 1.30. The molecule has 1 aliphatic rings. The summed E-state index contributed by atoms with van der Waals surface area (Å²) in [6, 6.07) is 60.6. The van der Waals surface area contributed by atoms with E-state index in [0.29, 0.717) is 5.56 Å². The lowest BCUT2D eigenvalue weighted by Gasteiger charge is -2.21. The largest absolute Gasteiger partial charge is 0.309 e. The standard InChI is InChI=1S/C49H33N3/c1-49(2)43-20-9-6-17-37(43)41-29-48-42(27-44(41)49)39-19-8-11-22-47(39)52(48)36-25-34(33-16-12-13-31(23-33)30-50)24-35(26-36)40-28-46(32-14-4-3-5-15-32)51-45-21-10-7-18-38(40)45/h3-29H,1-2H3. The van der Waals surface area contributed by atoms with Gasteiger partial charge in [0.2, 0.25) is 0 Å². The van der Waals surface area contributed by atoms with E-state index in [1.165, 1.54) is 38.5 Å². The van der Waals surface area contributed by atoms with Crippen molar-refractivity contribution in [3.63, 3.8) is 0 Å². The Morgan fingerprint density at radius 3 is 2.10 bits per heavy atom. The maximum atomic E-state index is 9.86. The van der Waals surface area contributed by atoms with Gasteiger partial charge in [0.05, 0.1) is 33.9 Å². The molecule has 0 radical (unpaired) electrons. The van der Waals surface area contributed by atoms with Crippen molar-refractivity contribution < 1.29 is 0 Å². The molecule has 0 atom stereocenters. The maximum Gasteiger partial charge on any atom is 0.0991 e. The Kier molecular flexibility index (Phi) is 6.59. The highest BCUT2D eigenvalue weighted by atomic mass is 15.0. The number of fused-ring (bicyclic) bond motifs is 7. The van der Waals surface area contributed by atoms with Crippen LogP contribution in [-0.4, -0.2) is 9.55 Å². The molecule has 0 unspecified atom stereocenters. The van der Waals surface area contributed by atoms with Crippen LogP contribution >= 0.6 is 0 Å². The zero-order valence-corrected chi connectivity index (χ0v) is 28.9. The molecule has 2 aromatic heterocycles. The second-order valence-corrected chi connectivity index (χ2v) is 14.3. The fraction of sp³-hybridized carbons (Fsp3) is 0.0612. The molecule has 244 valence electrons. The molecule has 9 aromatic rings. The number of hydrogen-bond donors (Lipinski definition) is 0. The van der Waals surface area contributed by atoms with Crippen molar-refractivity contribution >= 4 is 32.7 Å². The molecule has 52 heavy (non-hydrogen) atoms. The Hall–Kier alpha value is -6.76. The van der Waals surface area contributed by atoms with Gasteiger partial charge in [-0.15, -0.1) is 0 Å². The molecule has 1 aliphatic carbocycles. The van der Waals surface area contributed by atoms with E-state index in [1.807, 2.05) is 24.3 Å². The molecule has 7 aromatic carbocycles. The van der Waals surface area contributed by atoms with Gasteiger partial charge in [-0.05, 0) is 105 Å². The van der Waals surface area contributed by atoms with Gasteiger partial charge >= 0.3 is 0 Å². The van der Waals surface area contributed by atoms with E-state index in [4.69, 9.17) is 4.98 Å². The smallest absolute Gasteiger partial charge is 0.0991 e. The van der Waals surface area contributed by atoms with Crippen molar-refractivity contribution in [3.8, 4) is 56.4 Å². The van der Waals surface area contributed by atoms with Crippen LogP contribution in [0.4, 0.5) is 0 Å². The number of nitriles is 1. The molecule has 10 rings (SSSR count). The van der Waals surface area contributed by atoms with Gasteiger partial charge in [-0.3, -0.25) is 0 Å². The van der Waals surface area contributed by atoms with E-state index in [9.17, 15) is 5.26 Å². The molecule has 3 heteroatoms. The first kappa shape index (κ1) is 30.1. The van der Waals surface area contributed by atoms with Crippen LogP contribution in [0.15, 0.2) is 164 Å². The SMILES string of the molecule is CC1(C)c2ccccc2-c2cc3c(cc21)c1ccccc1n3-c1cc(-c2cccc(C#N)c2)cc(-c2cc(-c3ccccc3)nc3ccccc23)c1. The topological polar surface area (TPSA) is 41.6 Å². The van der Waals surface area contributed by atoms with Gasteiger partial charge in [0.15, 0.2) is 0 Å². The number of nitrogens with zero attached hydrogens (tertiary/aromatic N) is 3. The predicted molar refractivity (Wildman–Crippen MR) is 215 cm³/mol. The van der Waals surface area contributed by atoms with Gasteiger partial charge < -0.3 is 4.57 Å². The molecule has 0 amide bonds. The summed E-state index contributed by atoms with van der Waals surface area (Å²) in [6.45, 7) is 4.69. The lowest BCUT2D eigenvalue weighted by Crippen LogP contribution is -2.14. The number of hydrogen-bond acceptors (Lipinski definition) is 2. The van der Waals surface area contributed by atoms with Crippen molar-refractivity contribution in [1.82, 2.24) is 9.55 Å². The summed E-state index contributed by atoms with van der Waals surface area (Å²) in [6.07, 6.45) is 0. The van der Waals surface area contributed by atoms with Gasteiger partial charge in [0, 0.05) is 32.8 Å². The third-order valence-electron chi connectivity index (χ3n) is 11.0. The minimum atomic E-state index is -0.0962. The highest BCUT2D eigenvalue weighted by Gasteiger charge is 2.36. The second-order valence-electron chi connectivity index (χ2n) is 14.3. The quantitative estimate of drug-likeness (QED) is 0.188. The fourth-order valence-electron chi connectivity index (χ4n) is 8.44. The van der Waals surface area contributed by atoms with Crippen molar-refractivity contribution in [1.29, 1.82) is 5.26 Å². The maximum absolute atomic E-state index is 9.86. The van der Waals surface area contributed by atoms with Gasteiger partial charge in [-0.2, -0.15) is 5.26 Å². The van der Waals surface area contributed by atoms with E-state index >= 15 is 0 Å². The molecule has 0 saturated carbocycles. The summed E-state index contributed by atoms with van der Waals surface area (Å²) in [4.78, 5) is 5.11. The Labute approximate surface area is 302 Å². The average Bonchev–Trinajstić information content (AvgIpc) is 3.64. The van der Waals surface area contributed by atoms with Crippen LogP contribution < -0.4 is 0 Å². The number of para-hydroxylation sites is 2. The van der Waals surface area contributed by atoms with Gasteiger partial charge in [0.25, 0.3) is 0 Å². The Bertz CT molecular complexity index is 2940. The number of pyridine rings is 1. The van der Waals surface area contributed by atoms with E-state index in [0.717, 1.165) is 55.6 Å². The normalized spacial score (nSPS) is 12.9. The zero-order valence-electron chi connectivity index (χ0n) is 28.9. The van der Waals surface area contributed by atoms with Crippen LogP contribution in [0.2, 0.25) is 0 Å². The molecule has 3 nitrogen and oxygen atoms in total. The average molecular weight is 664 g/mol. The van der Waals surface area contributed by atoms with Crippen molar-refractivity contribution in [2.45, 2.75) is 19.3 Å². The number of aromatic nitrogens is 2. The van der Waals surface area contributed by atoms with Crippen LogP contribution in [0.5, 0.6) is 0 Å². The lowest BCUT2D eigenvalue weighted by molar-refractivity contribution is 0.661. The first-order chi connectivity index (χ1) is 25.5. The first-order valence-corrected chi connectivity index (χ1v) is 17.8. The summed E-state index contributed by atoms with van der Waals surface area (Å²) in [5.74, 6) is 0. The zero-order chi connectivity index (χ0) is 35.0. The van der Waals surface area contributed by atoms with E-state index in [2.05, 4.69) is 164 Å². The molecule has 0 spiro atoms. The highest BCUT2D eigenvalue weighted by molar-refractivity contribution is 6.12. The Morgan fingerprint density at radius 2 is 1.23 bits per heavy atom. The van der Waals surface area contributed by atoms with Crippen LogP contribution in [0.3, 0.4) is 0 Å². The molecular formula is C49H33N3. The third-order valence-corrected chi connectivity index (χ3v) is 11.0. The van der Waals surface area contributed by atoms with Gasteiger partial charge in [0.1, 0.15) is 0 Å². The third kappa shape index (κ3) is 4.55. The molecule has 0 aliphatic heterocycles. The van der Waals surface area contributed by atoms with Crippen molar-refractivity contribution in [3.05, 3.63) is 180 Å². The van der Waals surface area contributed by atoms with Crippen molar-refractivity contribution in [2.24, 2.45) is 0 Å². The molecule has 0 fully saturated rings. The van der Waals surface area contributed by atoms with Gasteiger partial charge in [-0.1, -0.05) is 117 Å². The summed E-state index contributed by atoms with van der Waals surface area (Å²) in [7, 11) is 0. The summed E-state index contributed by atoms with van der Waals surface area (Å²) >= 11 is 0. The molecule has 0 bridgehead atoms. The van der Waals surface area contributed by atoms with E-state index in [1.54, 1.807) is 0 Å². The van der Waals surface area contributed by atoms with E-state index in [-0.39, 0.29) is 5.41 Å². The van der Waals surface area contributed by atoms with E-state index < -0.39 is 0 Å².